The quantitative estimate of drug-likeness (QED) is 0.656. The molecule has 0 aliphatic carbocycles. The van der Waals surface area contributed by atoms with Crippen molar-refractivity contribution in [1.82, 2.24) is 10.6 Å². The molecule has 0 heterocycles. The number of nitrogens with one attached hydrogen (secondary N) is 2. The number of hydrogen-bond acceptors (Lipinski definition) is 3. The van der Waals surface area contributed by atoms with Crippen LogP contribution in [0.3, 0.4) is 0 Å². The monoisotopic (exact) mass is 240 g/mol. The molecule has 3 nitrogen and oxygen atoms in total. The van der Waals surface area contributed by atoms with Crippen molar-refractivity contribution in [2.75, 3.05) is 31.6 Å². The van der Waals surface area contributed by atoms with Gasteiger partial charge in [0.15, 0.2) is 0 Å². The Balaban J connectivity index is 0. The molecule has 0 spiro atoms. The Morgan fingerprint density at radius 3 is 2.57 bits per heavy atom. The average Bonchev–Trinajstić information content (AvgIpc) is 2.12. The number of likely N-dealkylation sites (N-methyl/N-ethyl adjacent to an activating group) is 1. The smallest absolute Gasteiger partial charge is 0.223 e. The van der Waals surface area contributed by atoms with Gasteiger partial charge in [-0.3, -0.25) is 4.79 Å². The first-order chi connectivity index (χ1) is 6.22. The van der Waals surface area contributed by atoms with Crippen LogP contribution in [0, 0.1) is 5.92 Å². The minimum atomic E-state index is 0. The van der Waals surface area contributed by atoms with Crippen LogP contribution in [0.4, 0.5) is 0 Å². The predicted octanol–water partition coefficient (Wildman–Crippen LogP) is 1.13. The largest absolute Gasteiger partial charge is 0.355 e. The summed E-state index contributed by atoms with van der Waals surface area (Å²) in [6, 6.07) is 0. The highest BCUT2D eigenvalue weighted by Gasteiger charge is 2.10. The third-order valence-corrected chi connectivity index (χ3v) is 2.55. The first-order valence-electron chi connectivity index (χ1n) is 4.69. The molecule has 0 saturated carbocycles. The minimum Gasteiger partial charge on any atom is -0.355 e. The zero-order valence-corrected chi connectivity index (χ0v) is 10.8. The number of hydrogen-bond donors (Lipinski definition) is 2. The van der Waals surface area contributed by atoms with E-state index in [0.29, 0.717) is 0 Å². The Morgan fingerprint density at radius 1 is 1.43 bits per heavy atom. The molecule has 0 rings (SSSR count). The molecular weight excluding hydrogens is 220 g/mol. The first kappa shape index (κ1) is 16.5. The second-order valence-electron chi connectivity index (χ2n) is 3.00. The Kier molecular flexibility index (Phi) is 13.1. The second kappa shape index (κ2) is 11.1. The molecule has 0 aromatic carbocycles. The van der Waals surface area contributed by atoms with E-state index in [4.69, 9.17) is 0 Å². The molecule has 0 aliphatic heterocycles. The molecular formula is C9H21ClN2OS. The minimum absolute atomic E-state index is 0. The van der Waals surface area contributed by atoms with E-state index in [9.17, 15) is 4.79 Å². The number of amides is 1. The summed E-state index contributed by atoms with van der Waals surface area (Å²) >= 11 is 1.71. The zero-order chi connectivity index (χ0) is 10.1. The van der Waals surface area contributed by atoms with Gasteiger partial charge < -0.3 is 10.6 Å². The van der Waals surface area contributed by atoms with Gasteiger partial charge in [0.1, 0.15) is 0 Å². The van der Waals surface area contributed by atoms with E-state index >= 15 is 0 Å². The summed E-state index contributed by atoms with van der Waals surface area (Å²) < 4.78 is 0. The van der Waals surface area contributed by atoms with Gasteiger partial charge in [-0.1, -0.05) is 13.8 Å². The Morgan fingerprint density at radius 2 is 2.07 bits per heavy atom. The SMILES string of the molecule is CCNCCNC(=O)C(C)CSC.Cl. The van der Waals surface area contributed by atoms with Crippen molar-refractivity contribution < 1.29 is 4.79 Å². The van der Waals surface area contributed by atoms with Crippen molar-refractivity contribution >= 4 is 30.1 Å². The Labute approximate surface area is 97.2 Å². The maximum Gasteiger partial charge on any atom is 0.223 e. The van der Waals surface area contributed by atoms with E-state index < -0.39 is 0 Å². The second-order valence-corrected chi connectivity index (χ2v) is 3.91. The number of rotatable bonds is 7. The molecule has 0 aromatic rings. The van der Waals surface area contributed by atoms with Crippen LogP contribution in [-0.2, 0) is 4.79 Å². The van der Waals surface area contributed by atoms with Crippen molar-refractivity contribution in [2.45, 2.75) is 13.8 Å². The summed E-state index contributed by atoms with van der Waals surface area (Å²) in [5.74, 6) is 1.18. The Bertz CT molecular complexity index is 147. The van der Waals surface area contributed by atoms with Gasteiger partial charge in [0.2, 0.25) is 5.91 Å². The number of halogens is 1. The van der Waals surface area contributed by atoms with Gasteiger partial charge >= 0.3 is 0 Å². The molecule has 1 atom stereocenters. The molecule has 2 N–H and O–H groups in total. The summed E-state index contributed by atoms with van der Waals surface area (Å²) in [5, 5.41) is 6.04. The fourth-order valence-electron chi connectivity index (χ4n) is 0.951. The molecule has 1 amide bonds. The summed E-state index contributed by atoms with van der Waals surface area (Å²) in [6.45, 7) is 6.55. The lowest BCUT2D eigenvalue weighted by Crippen LogP contribution is -2.35. The molecule has 14 heavy (non-hydrogen) atoms. The van der Waals surface area contributed by atoms with E-state index in [1.807, 2.05) is 13.2 Å². The van der Waals surface area contributed by atoms with Gasteiger partial charge in [-0.25, -0.2) is 0 Å². The van der Waals surface area contributed by atoms with E-state index in [2.05, 4.69) is 17.6 Å². The molecule has 0 fully saturated rings. The zero-order valence-electron chi connectivity index (χ0n) is 9.13. The van der Waals surface area contributed by atoms with Gasteiger partial charge in [0.25, 0.3) is 0 Å². The highest BCUT2D eigenvalue weighted by molar-refractivity contribution is 7.98. The van der Waals surface area contributed by atoms with Gasteiger partial charge in [0, 0.05) is 24.8 Å². The van der Waals surface area contributed by atoms with Crippen LogP contribution in [0.5, 0.6) is 0 Å². The third kappa shape index (κ3) is 8.66. The van der Waals surface area contributed by atoms with Crippen LogP contribution >= 0.6 is 24.2 Å². The first-order valence-corrected chi connectivity index (χ1v) is 6.09. The lowest BCUT2D eigenvalue weighted by Gasteiger charge is -2.10. The van der Waals surface area contributed by atoms with E-state index in [-0.39, 0.29) is 24.2 Å². The normalized spacial score (nSPS) is 11.6. The molecule has 0 aliphatic rings. The van der Waals surface area contributed by atoms with Crippen molar-refractivity contribution in [2.24, 2.45) is 5.92 Å². The van der Waals surface area contributed by atoms with E-state index in [1.54, 1.807) is 11.8 Å². The van der Waals surface area contributed by atoms with E-state index in [1.165, 1.54) is 0 Å². The lowest BCUT2D eigenvalue weighted by molar-refractivity contribution is -0.123. The van der Waals surface area contributed by atoms with Crippen LogP contribution in [-0.4, -0.2) is 37.6 Å². The maximum atomic E-state index is 11.3. The highest BCUT2D eigenvalue weighted by Crippen LogP contribution is 2.03. The van der Waals surface area contributed by atoms with Crippen LogP contribution in [0.1, 0.15) is 13.8 Å². The van der Waals surface area contributed by atoms with Gasteiger partial charge in [-0.05, 0) is 12.8 Å². The predicted molar refractivity (Wildman–Crippen MR) is 66.3 cm³/mol. The number of carbonyl (C=O) groups is 1. The van der Waals surface area contributed by atoms with Crippen molar-refractivity contribution in [1.29, 1.82) is 0 Å². The van der Waals surface area contributed by atoms with Crippen LogP contribution in [0.15, 0.2) is 0 Å². The topological polar surface area (TPSA) is 41.1 Å². The van der Waals surface area contributed by atoms with Crippen molar-refractivity contribution in [3.05, 3.63) is 0 Å². The lowest BCUT2D eigenvalue weighted by atomic mass is 10.2. The summed E-state index contributed by atoms with van der Waals surface area (Å²) in [7, 11) is 0. The molecule has 0 saturated heterocycles. The number of thioether (sulfide) groups is 1. The van der Waals surface area contributed by atoms with Gasteiger partial charge in [-0.2, -0.15) is 11.8 Å². The molecule has 0 bridgehead atoms. The van der Waals surface area contributed by atoms with Gasteiger partial charge in [0.05, 0.1) is 0 Å². The summed E-state index contributed by atoms with van der Waals surface area (Å²) in [6.07, 6.45) is 2.02. The van der Waals surface area contributed by atoms with Crippen molar-refractivity contribution in [3.63, 3.8) is 0 Å². The van der Waals surface area contributed by atoms with Crippen LogP contribution in [0.2, 0.25) is 0 Å². The summed E-state index contributed by atoms with van der Waals surface area (Å²) in [5.41, 5.74) is 0. The molecule has 86 valence electrons. The molecule has 5 heteroatoms. The fourth-order valence-corrected chi connectivity index (χ4v) is 1.60. The van der Waals surface area contributed by atoms with Crippen LogP contribution < -0.4 is 10.6 Å². The standard InChI is InChI=1S/C9H20N2OS.ClH/c1-4-10-5-6-11-9(12)8(2)7-13-3;/h8,10H,4-7H2,1-3H3,(H,11,12);1H. The van der Waals surface area contributed by atoms with E-state index in [0.717, 1.165) is 25.4 Å². The molecule has 0 aromatic heterocycles. The van der Waals surface area contributed by atoms with Crippen molar-refractivity contribution in [3.8, 4) is 0 Å². The third-order valence-electron chi connectivity index (χ3n) is 1.72. The fraction of sp³-hybridized carbons (Fsp3) is 0.889. The molecule has 1 unspecified atom stereocenters. The average molecular weight is 241 g/mol. The van der Waals surface area contributed by atoms with Gasteiger partial charge in [-0.15, -0.1) is 12.4 Å². The molecule has 0 radical (unpaired) electrons. The van der Waals surface area contributed by atoms with Crippen LogP contribution in [0.25, 0.3) is 0 Å². The highest BCUT2D eigenvalue weighted by atomic mass is 35.5. The summed E-state index contributed by atoms with van der Waals surface area (Å²) in [4.78, 5) is 11.3. The Hall–Kier alpha value is 0.0700. The number of carbonyl (C=O) groups excluding carboxylic acids is 1. The maximum absolute atomic E-state index is 11.3.